The zero-order valence-electron chi connectivity index (χ0n) is 27.2. The maximum absolute atomic E-state index is 12.2. The van der Waals surface area contributed by atoms with Crippen LogP contribution >= 0.6 is 7.82 Å². The second-order valence-corrected chi connectivity index (χ2v) is 12.8. The lowest BCUT2D eigenvalue weighted by atomic mass is 10.1. The Morgan fingerprint density at radius 1 is 0.690 bits per heavy atom. The number of ether oxygens (including phenoxy) is 2. The van der Waals surface area contributed by atoms with Gasteiger partial charge >= 0.3 is 13.8 Å². The maximum Gasteiger partial charge on any atom is 0.472 e. The van der Waals surface area contributed by atoms with Gasteiger partial charge in [0.1, 0.15) is 6.10 Å². The molecule has 250 valence electrons. The molecule has 0 bridgehead atoms. The van der Waals surface area contributed by atoms with Gasteiger partial charge in [0.25, 0.3) is 0 Å². The molecule has 42 heavy (non-hydrogen) atoms. The van der Waals surface area contributed by atoms with Crippen LogP contribution in [-0.4, -0.2) is 49.9 Å². The van der Waals surface area contributed by atoms with Crippen LogP contribution in [0.15, 0.2) is 12.2 Å². The summed E-state index contributed by atoms with van der Waals surface area (Å²) in [5.41, 5.74) is 5.31. The van der Waals surface area contributed by atoms with Gasteiger partial charge in [-0.05, 0) is 38.5 Å². The molecule has 0 aromatic rings. The molecule has 3 N–H and O–H groups in total. The first-order valence-electron chi connectivity index (χ1n) is 17.2. The molecule has 0 amide bonds. The third kappa shape index (κ3) is 30.7. The molecule has 8 nitrogen and oxygen atoms in total. The molecule has 0 aliphatic rings. The van der Waals surface area contributed by atoms with E-state index in [-0.39, 0.29) is 32.3 Å². The number of carbonyl (C=O) groups excluding carboxylic acids is 1. The van der Waals surface area contributed by atoms with Gasteiger partial charge in [-0.25, -0.2) is 4.57 Å². The monoisotopic (exact) mass is 619 g/mol. The van der Waals surface area contributed by atoms with Crippen molar-refractivity contribution in [1.82, 2.24) is 0 Å². The van der Waals surface area contributed by atoms with Crippen LogP contribution in [0.2, 0.25) is 0 Å². The molecule has 0 heterocycles. The van der Waals surface area contributed by atoms with E-state index in [0.717, 1.165) is 38.5 Å². The summed E-state index contributed by atoms with van der Waals surface area (Å²) in [6.07, 6.45) is 29.9. The van der Waals surface area contributed by atoms with E-state index in [4.69, 9.17) is 24.3 Å². The van der Waals surface area contributed by atoms with E-state index in [1.165, 1.54) is 96.3 Å². The molecule has 0 aromatic carbocycles. The second kappa shape index (κ2) is 31.7. The summed E-state index contributed by atoms with van der Waals surface area (Å²) < 4.78 is 32.9. The van der Waals surface area contributed by atoms with Crippen molar-refractivity contribution in [3.05, 3.63) is 12.2 Å². The van der Waals surface area contributed by atoms with Gasteiger partial charge in [0.15, 0.2) is 0 Å². The molecule has 2 atom stereocenters. The van der Waals surface area contributed by atoms with E-state index >= 15 is 0 Å². The summed E-state index contributed by atoms with van der Waals surface area (Å²) in [5, 5.41) is 0. The fraction of sp³-hybridized carbons (Fsp3) is 0.909. The molecule has 2 unspecified atom stereocenters. The smallest absolute Gasteiger partial charge is 0.457 e. The van der Waals surface area contributed by atoms with Crippen LogP contribution in [-0.2, 0) is 27.9 Å². The average molecular weight is 620 g/mol. The van der Waals surface area contributed by atoms with Gasteiger partial charge in [0.05, 0.1) is 19.8 Å². The van der Waals surface area contributed by atoms with Gasteiger partial charge in [-0.1, -0.05) is 122 Å². The van der Waals surface area contributed by atoms with Crippen molar-refractivity contribution < 1.29 is 32.8 Å². The quantitative estimate of drug-likeness (QED) is 0.0323. The SMILES string of the molecule is CCCCCCCCC/C=C\CCCCCCCCCCOCC(COP(=O)(O)OCCN)OC(=O)CCCCCC. The Labute approximate surface area is 258 Å². The molecule has 0 rings (SSSR count). The van der Waals surface area contributed by atoms with Crippen molar-refractivity contribution in [3.63, 3.8) is 0 Å². The second-order valence-electron chi connectivity index (χ2n) is 11.4. The summed E-state index contributed by atoms with van der Waals surface area (Å²) in [6.45, 7) is 4.79. The number of phosphoric acid groups is 1. The number of phosphoric ester groups is 1. The van der Waals surface area contributed by atoms with Crippen molar-refractivity contribution in [1.29, 1.82) is 0 Å². The standard InChI is InChI=1S/C33H66NO7P/c1-3-5-7-9-10-11-12-13-14-15-16-17-18-19-20-21-22-23-25-28-38-30-32(31-40-42(36,37)39-29-27-34)41-33(35)26-24-8-6-4-2/h14-15,32H,3-13,16-31,34H2,1-2H3,(H,36,37)/b15-14-. The summed E-state index contributed by atoms with van der Waals surface area (Å²) in [6, 6.07) is 0. The van der Waals surface area contributed by atoms with E-state index in [0.29, 0.717) is 13.0 Å². The molecule has 0 radical (unpaired) electrons. The van der Waals surface area contributed by atoms with Crippen molar-refractivity contribution in [3.8, 4) is 0 Å². The Morgan fingerprint density at radius 2 is 1.19 bits per heavy atom. The Kier molecular flexibility index (Phi) is 31.1. The number of hydrogen-bond donors (Lipinski definition) is 2. The lowest BCUT2D eigenvalue weighted by molar-refractivity contribution is -0.154. The van der Waals surface area contributed by atoms with Gasteiger partial charge in [0.2, 0.25) is 0 Å². The minimum atomic E-state index is -4.25. The van der Waals surface area contributed by atoms with E-state index in [9.17, 15) is 14.3 Å². The summed E-state index contributed by atoms with van der Waals surface area (Å²) in [4.78, 5) is 22.0. The van der Waals surface area contributed by atoms with Crippen LogP contribution < -0.4 is 5.73 Å². The fourth-order valence-electron chi connectivity index (χ4n) is 4.64. The molecule has 0 spiro atoms. The number of rotatable bonds is 33. The Balaban J connectivity index is 3.86. The maximum atomic E-state index is 12.2. The van der Waals surface area contributed by atoms with Crippen LogP contribution in [0, 0.1) is 0 Å². The topological polar surface area (TPSA) is 117 Å². The highest BCUT2D eigenvalue weighted by Gasteiger charge is 2.25. The minimum Gasteiger partial charge on any atom is -0.457 e. The molecule has 0 aromatic heterocycles. The zero-order chi connectivity index (χ0) is 31.0. The lowest BCUT2D eigenvalue weighted by Gasteiger charge is -2.20. The molecule has 0 saturated heterocycles. The van der Waals surface area contributed by atoms with Crippen LogP contribution in [0.25, 0.3) is 0 Å². The molecule has 0 aliphatic heterocycles. The summed E-state index contributed by atoms with van der Waals surface area (Å²) >= 11 is 0. The first kappa shape index (κ1) is 41.2. The van der Waals surface area contributed by atoms with Crippen molar-refractivity contribution >= 4 is 13.8 Å². The van der Waals surface area contributed by atoms with E-state index < -0.39 is 13.9 Å². The van der Waals surface area contributed by atoms with E-state index in [1.807, 2.05) is 0 Å². The molecule has 0 fully saturated rings. The largest absolute Gasteiger partial charge is 0.472 e. The molecule has 0 saturated carbocycles. The first-order chi connectivity index (χ1) is 20.4. The average Bonchev–Trinajstić information content (AvgIpc) is 2.97. The number of allylic oxidation sites excluding steroid dienone is 2. The fourth-order valence-corrected chi connectivity index (χ4v) is 5.40. The normalized spacial score (nSPS) is 13.9. The number of hydrogen-bond acceptors (Lipinski definition) is 7. The van der Waals surface area contributed by atoms with Gasteiger partial charge in [-0.3, -0.25) is 13.8 Å². The Bertz CT molecular complexity index is 662. The number of unbranched alkanes of at least 4 members (excludes halogenated alkanes) is 18. The van der Waals surface area contributed by atoms with E-state index in [1.54, 1.807) is 0 Å². The number of nitrogens with two attached hydrogens (primary N) is 1. The van der Waals surface area contributed by atoms with Gasteiger partial charge in [-0.15, -0.1) is 0 Å². The summed E-state index contributed by atoms with van der Waals surface area (Å²) in [7, 11) is -4.25. The highest BCUT2D eigenvalue weighted by Crippen LogP contribution is 2.43. The third-order valence-electron chi connectivity index (χ3n) is 7.18. The molecular weight excluding hydrogens is 553 g/mol. The number of esters is 1. The predicted octanol–water partition coefficient (Wildman–Crippen LogP) is 9.19. The highest BCUT2D eigenvalue weighted by atomic mass is 31.2. The van der Waals surface area contributed by atoms with Gasteiger partial charge < -0.3 is 20.1 Å². The first-order valence-corrected chi connectivity index (χ1v) is 18.7. The van der Waals surface area contributed by atoms with Gasteiger partial charge in [0, 0.05) is 19.6 Å². The predicted molar refractivity (Wildman–Crippen MR) is 174 cm³/mol. The van der Waals surface area contributed by atoms with Gasteiger partial charge in [-0.2, -0.15) is 0 Å². The van der Waals surface area contributed by atoms with E-state index in [2.05, 4.69) is 26.0 Å². The van der Waals surface area contributed by atoms with Crippen LogP contribution in [0.4, 0.5) is 0 Å². The lowest BCUT2D eigenvalue weighted by Crippen LogP contribution is -2.28. The zero-order valence-corrected chi connectivity index (χ0v) is 28.1. The Morgan fingerprint density at radius 3 is 1.74 bits per heavy atom. The Hall–Kier alpha value is -0.760. The molecule has 9 heteroatoms. The highest BCUT2D eigenvalue weighted by molar-refractivity contribution is 7.47. The number of carbonyl (C=O) groups is 1. The van der Waals surface area contributed by atoms with Crippen molar-refractivity contribution in [2.45, 2.75) is 161 Å². The van der Waals surface area contributed by atoms with Crippen LogP contribution in [0.1, 0.15) is 155 Å². The third-order valence-corrected chi connectivity index (χ3v) is 8.17. The van der Waals surface area contributed by atoms with Crippen molar-refractivity contribution in [2.24, 2.45) is 5.73 Å². The molecular formula is C33H66NO7P. The summed E-state index contributed by atoms with van der Waals surface area (Å²) in [5.74, 6) is -0.349. The molecule has 0 aliphatic carbocycles. The van der Waals surface area contributed by atoms with Crippen molar-refractivity contribution in [2.75, 3.05) is 33.0 Å². The minimum absolute atomic E-state index is 0.0943. The van der Waals surface area contributed by atoms with Crippen LogP contribution in [0.5, 0.6) is 0 Å². The van der Waals surface area contributed by atoms with Crippen LogP contribution in [0.3, 0.4) is 0 Å².